The van der Waals surface area contributed by atoms with Gasteiger partial charge in [-0.3, -0.25) is 4.68 Å². The minimum Gasteiger partial charge on any atom is -0.507 e. The van der Waals surface area contributed by atoms with E-state index < -0.39 is 0 Å². The summed E-state index contributed by atoms with van der Waals surface area (Å²) >= 11 is 0. The number of aromatic amines is 1. The minimum absolute atomic E-state index is 0. The van der Waals surface area contributed by atoms with Crippen LogP contribution in [0.15, 0.2) is 36.7 Å². The normalized spacial score (nSPS) is 14.0. The molecule has 1 fully saturated rings. The number of hydrogen-bond acceptors (Lipinski definition) is 8. The minimum atomic E-state index is 0. The first-order chi connectivity index (χ1) is 16.1. The maximum absolute atomic E-state index is 11.0. The quantitative estimate of drug-likeness (QED) is 0.363. The molecule has 0 unspecified atom stereocenters. The fourth-order valence-electron chi connectivity index (χ4n) is 4.48. The van der Waals surface area contributed by atoms with Gasteiger partial charge in [-0.2, -0.15) is 20.5 Å². The first kappa shape index (κ1) is 22.1. The molecule has 10 nitrogen and oxygen atoms in total. The highest BCUT2D eigenvalue weighted by Gasteiger charge is 2.20. The van der Waals surface area contributed by atoms with Gasteiger partial charge in [0, 0.05) is 61.4 Å². The van der Waals surface area contributed by atoms with Gasteiger partial charge in [-0.25, -0.2) is 9.97 Å². The number of nitrogens with zero attached hydrogens (tertiary/aromatic N) is 7. The molecule has 1 saturated heterocycles. The van der Waals surface area contributed by atoms with Gasteiger partial charge in [0.2, 0.25) is 0 Å². The molecule has 174 valence electrons. The van der Waals surface area contributed by atoms with E-state index in [9.17, 15) is 5.11 Å². The zero-order chi connectivity index (χ0) is 22.5. The van der Waals surface area contributed by atoms with Crippen LogP contribution in [-0.2, 0) is 7.05 Å². The highest BCUT2D eigenvalue weighted by molar-refractivity contribution is 5.96. The number of rotatable bonds is 3. The van der Waals surface area contributed by atoms with E-state index in [1.54, 1.807) is 10.9 Å². The van der Waals surface area contributed by atoms with Gasteiger partial charge in [0.15, 0.2) is 5.82 Å². The Morgan fingerprint density at radius 2 is 1.91 bits per heavy atom. The molecule has 2 aromatic carbocycles. The number of halogens is 1. The van der Waals surface area contributed by atoms with Crippen molar-refractivity contribution in [2.24, 2.45) is 7.05 Å². The molecular weight excluding hydrogens is 454 g/mol. The van der Waals surface area contributed by atoms with Crippen LogP contribution in [-0.4, -0.2) is 66.4 Å². The topological polar surface area (TPSA) is 121 Å². The van der Waals surface area contributed by atoms with E-state index in [4.69, 9.17) is 9.97 Å². The number of aromatic nitrogens is 7. The Morgan fingerprint density at radius 1 is 1.09 bits per heavy atom. The van der Waals surface area contributed by atoms with Crippen LogP contribution in [0, 0.1) is 6.92 Å². The van der Waals surface area contributed by atoms with E-state index >= 15 is 0 Å². The number of benzene rings is 2. The van der Waals surface area contributed by atoms with Crippen molar-refractivity contribution in [3.05, 3.63) is 42.2 Å². The molecule has 11 heteroatoms. The summed E-state index contributed by atoms with van der Waals surface area (Å²) in [6.07, 6.45) is 3.57. The van der Waals surface area contributed by atoms with Gasteiger partial charge in [-0.1, -0.05) is 0 Å². The Hall–Kier alpha value is -3.76. The van der Waals surface area contributed by atoms with Crippen molar-refractivity contribution in [3.8, 4) is 28.5 Å². The molecular formula is C23H24ClN9O. The number of fused-ring (bicyclic) bond motifs is 2. The average Bonchev–Trinajstić information content (AvgIpc) is 3.51. The summed E-state index contributed by atoms with van der Waals surface area (Å²) in [5.41, 5.74) is 5.22. The molecule has 6 rings (SSSR count). The van der Waals surface area contributed by atoms with Crippen LogP contribution in [0.25, 0.3) is 44.6 Å². The molecule has 34 heavy (non-hydrogen) atoms. The van der Waals surface area contributed by atoms with E-state index in [2.05, 4.69) is 42.9 Å². The first-order valence-corrected chi connectivity index (χ1v) is 10.9. The van der Waals surface area contributed by atoms with Gasteiger partial charge in [0.05, 0.1) is 22.8 Å². The molecule has 3 N–H and O–H groups in total. The lowest BCUT2D eigenvalue weighted by atomic mass is 10.0. The number of nitrogens with one attached hydrogen (secondary N) is 2. The number of anilines is 1. The highest BCUT2D eigenvalue weighted by Crippen LogP contribution is 2.37. The molecule has 1 aliphatic rings. The molecule has 3 aromatic heterocycles. The lowest BCUT2D eigenvalue weighted by molar-refractivity contribution is 0.473. The van der Waals surface area contributed by atoms with Crippen LogP contribution in [0.3, 0.4) is 0 Å². The predicted octanol–water partition coefficient (Wildman–Crippen LogP) is 2.81. The third-order valence-corrected chi connectivity index (χ3v) is 6.18. The summed E-state index contributed by atoms with van der Waals surface area (Å²) in [4.78, 5) is 12.0. The lowest BCUT2D eigenvalue weighted by Crippen LogP contribution is -2.43. The van der Waals surface area contributed by atoms with Crippen LogP contribution in [0.2, 0.25) is 0 Å². The predicted molar refractivity (Wildman–Crippen MR) is 133 cm³/mol. The van der Waals surface area contributed by atoms with Crippen LogP contribution >= 0.6 is 12.4 Å². The number of phenols is 1. The Kier molecular flexibility index (Phi) is 5.54. The van der Waals surface area contributed by atoms with Crippen molar-refractivity contribution in [1.82, 2.24) is 40.5 Å². The summed E-state index contributed by atoms with van der Waals surface area (Å²) in [6, 6.07) is 8.10. The van der Waals surface area contributed by atoms with Gasteiger partial charge >= 0.3 is 0 Å². The van der Waals surface area contributed by atoms with Crippen LogP contribution in [0.1, 0.15) is 5.56 Å². The Labute approximate surface area is 201 Å². The second-order valence-electron chi connectivity index (χ2n) is 8.33. The van der Waals surface area contributed by atoms with E-state index in [-0.39, 0.29) is 18.2 Å². The number of hydrogen-bond donors (Lipinski definition) is 3. The summed E-state index contributed by atoms with van der Waals surface area (Å²) in [7, 11) is 1.86. The molecule has 0 aliphatic carbocycles. The maximum Gasteiger partial charge on any atom is 0.164 e. The van der Waals surface area contributed by atoms with Crippen molar-refractivity contribution in [1.29, 1.82) is 0 Å². The van der Waals surface area contributed by atoms with E-state index in [0.29, 0.717) is 28.3 Å². The summed E-state index contributed by atoms with van der Waals surface area (Å²) in [5, 5.41) is 31.6. The zero-order valence-corrected chi connectivity index (χ0v) is 19.6. The Morgan fingerprint density at radius 3 is 2.68 bits per heavy atom. The fraction of sp³-hybridized carbons (Fsp3) is 0.261. The number of H-pyrrole nitrogens is 1. The smallest absolute Gasteiger partial charge is 0.164 e. The molecule has 0 amide bonds. The van der Waals surface area contributed by atoms with E-state index in [1.807, 2.05) is 32.3 Å². The maximum atomic E-state index is 11.0. The fourth-order valence-corrected chi connectivity index (χ4v) is 4.48. The SMILES string of the molecule is Cc1c(O)c(-c2nc(-c3cn[nH]n3)c3cc(N4CCNCC4)ccc3n2)cc2cn(C)nc12.Cl. The standard InChI is InChI=1S/C23H23N9O.ClH/c1-13-20-14(12-31(2)29-20)9-17(22(13)33)23-26-18-4-3-15(32-7-5-24-6-8-32)10-16(18)21(27-23)19-11-25-30-28-19;/h3-4,9-12,24,33H,5-8H2,1-2H3,(H,25,28,30);1H. The van der Waals surface area contributed by atoms with Crippen LogP contribution in [0.5, 0.6) is 5.75 Å². The van der Waals surface area contributed by atoms with Crippen LogP contribution < -0.4 is 10.2 Å². The molecule has 0 atom stereocenters. The van der Waals surface area contributed by atoms with Crippen molar-refractivity contribution < 1.29 is 5.11 Å². The highest BCUT2D eigenvalue weighted by atomic mass is 35.5. The summed E-state index contributed by atoms with van der Waals surface area (Å²) in [6.45, 7) is 5.66. The van der Waals surface area contributed by atoms with Crippen LogP contribution in [0.4, 0.5) is 5.69 Å². The Balaban J connectivity index is 0.00000241. The Bertz CT molecular complexity index is 1490. The molecule has 0 saturated carbocycles. The number of aryl methyl sites for hydroxylation is 2. The summed E-state index contributed by atoms with van der Waals surface area (Å²) < 4.78 is 1.74. The van der Waals surface area contributed by atoms with Crippen molar-refractivity contribution >= 4 is 39.9 Å². The van der Waals surface area contributed by atoms with E-state index in [0.717, 1.165) is 53.7 Å². The van der Waals surface area contributed by atoms with Crippen molar-refractivity contribution in [2.75, 3.05) is 31.1 Å². The molecule has 5 aromatic rings. The van der Waals surface area contributed by atoms with Gasteiger partial charge in [0.1, 0.15) is 17.1 Å². The number of phenolic OH excluding ortho intramolecular Hbond substituents is 1. The van der Waals surface area contributed by atoms with Gasteiger partial charge < -0.3 is 15.3 Å². The molecule has 4 heterocycles. The third kappa shape index (κ3) is 3.61. The average molecular weight is 478 g/mol. The third-order valence-electron chi connectivity index (χ3n) is 6.18. The first-order valence-electron chi connectivity index (χ1n) is 10.9. The van der Waals surface area contributed by atoms with Crippen molar-refractivity contribution in [3.63, 3.8) is 0 Å². The lowest BCUT2D eigenvalue weighted by Gasteiger charge is -2.29. The monoisotopic (exact) mass is 477 g/mol. The zero-order valence-electron chi connectivity index (χ0n) is 18.8. The van der Waals surface area contributed by atoms with E-state index in [1.165, 1.54) is 0 Å². The van der Waals surface area contributed by atoms with Gasteiger partial charge in [0.25, 0.3) is 0 Å². The van der Waals surface area contributed by atoms with Crippen molar-refractivity contribution in [2.45, 2.75) is 6.92 Å². The molecule has 1 aliphatic heterocycles. The number of aromatic hydroxyl groups is 1. The molecule has 0 radical (unpaired) electrons. The largest absolute Gasteiger partial charge is 0.507 e. The molecule has 0 spiro atoms. The molecule has 0 bridgehead atoms. The second kappa shape index (κ2) is 8.54. The van der Waals surface area contributed by atoms with Gasteiger partial charge in [-0.05, 0) is 31.2 Å². The second-order valence-corrected chi connectivity index (χ2v) is 8.33. The van der Waals surface area contributed by atoms with Gasteiger partial charge in [-0.15, -0.1) is 12.4 Å². The summed E-state index contributed by atoms with van der Waals surface area (Å²) in [5.74, 6) is 0.561. The number of piperazine rings is 1.